The van der Waals surface area contributed by atoms with Crippen LogP contribution in [0.15, 0.2) is 22.6 Å². The lowest BCUT2D eigenvalue weighted by Gasteiger charge is -2.02. The number of ether oxygens (including phenoxy) is 1. The van der Waals surface area contributed by atoms with Gasteiger partial charge in [-0.25, -0.2) is 9.78 Å². The molecule has 1 aromatic carbocycles. The van der Waals surface area contributed by atoms with Gasteiger partial charge < -0.3 is 9.15 Å². The normalized spacial score (nSPS) is 10.5. The van der Waals surface area contributed by atoms with E-state index in [1.54, 1.807) is 19.9 Å². The van der Waals surface area contributed by atoms with E-state index in [4.69, 9.17) is 20.8 Å². The van der Waals surface area contributed by atoms with E-state index in [0.29, 0.717) is 28.8 Å². The molecule has 1 aromatic heterocycles. The van der Waals surface area contributed by atoms with Crippen LogP contribution in [0.25, 0.3) is 11.5 Å². The first-order valence-corrected chi connectivity index (χ1v) is 6.32. The van der Waals surface area contributed by atoms with Crippen LogP contribution in [-0.4, -0.2) is 17.6 Å². The van der Waals surface area contributed by atoms with Gasteiger partial charge in [-0.3, -0.25) is 0 Å². The van der Waals surface area contributed by atoms with Crippen LogP contribution in [0.2, 0.25) is 5.02 Å². The second-order valence-electron chi connectivity index (χ2n) is 4.09. The number of aromatic nitrogens is 1. The Labute approximate surface area is 116 Å². The quantitative estimate of drug-likeness (QED) is 0.802. The average molecular weight is 280 g/mol. The number of carbonyl (C=O) groups excluding carboxylic acids is 1. The molecule has 1 heterocycles. The lowest BCUT2D eigenvalue weighted by atomic mass is 10.1. The van der Waals surface area contributed by atoms with E-state index in [-0.39, 0.29) is 5.76 Å². The molecule has 0 N–H and O–H groups in total. The Morgan fingerprint density at radius 3 is 2.84 bits per heavy atom. The molecule has 0 amide bonds. The third-order valence-corrected chi connectivity index (χ3v) is 3.18. The molecule has 0 bridgehead atoms. The largest absolute Gasteiger partial charge is 0.460 e. The predicted molar refractivity (Wildman–Crippen MR) is 72.4 cm³/mol. The topological polar surface area (TPSA) is 52.3 Å². The second-order valence-corrected chi connectivity index (χ2v) is 4.47. The average Bonchev–Trinajstić information content (AvgIpc) is 2.75. The Kier molecular flexibility index (Phi) is 3.90. The van der Waals surface area contributed by atoms with Gasteiger partial charge >= 0.3 is 5.97 Å². The van der Waals surface area contributed by atoms with Crippen molar-refractivity contribution in [2.45, 2.75) is 20.8 Å². The van der Waals surface area contributed by atoms with E-state index in [9.17, 15) is 4.79 Å². The molecule has 0 fully saturated rings. The summed E-state index contributed by atoms with van der Waals surface area (Å²) in [6, 6.07) is 5.56. The van der Waals surface area contributed by atoms with Gasteiger partial charge in [0.2, 0.25) is 11.7 Å². The Bertz CT molecular complexity index is 619. The van der Waals surface area contributed by atoms with E-state index >= 15 is 0 Å². The Hall–Kier alpha value is -1.81. The molecule has 2 rings (SSSR count). The molecule has 0 radical (unpaired) electrons. The van der Waals surface area contributed by atoms with Crippen molar-refractivity contribution >= 4 is 17.6 Å². The van der Waals surface area contributed by atoms with Crippen molar-refractivity contribution in [1.82, 2.24) is 4.98 Å². The van der Waals surface area contributed by atoms with E-state index < -0.39 is 5.97 Å². The first kappa shape index (κ1) is 13.6. The van der Waals surface area contributed by atoms with Gasteiger partial charge in [0.1, 0.15) is 0 Å². The highest BCUT2D eigenvalue weighted by molar-refractivity contribution is 6.33. The van der Waals surface area contributed by atoms with Crippen LogP contribution in [0.5, 0.6) is 0 Å². The number of aryl methyl sites for hydroxylation is 2. The van der Waals surface area contributed by atoms with Crippen molar-refractivity contribution in [2.75, 3.05) is 6.61 Å². The number of esters is 1. The highest BCUT2D eigenvalue weighted by Gasteiger charge is 2.20. The molecule has 5 heteroatoms. The zero-order chi connectivity index (χ0) is 14.0. The number of hydrogen-bond acceptors (Lipinski definition) is 4. The van der Waals surface area contributed by atoms with E-state index in [1.807, 2.05) is 19.1 Å². The van der Waals surface area contributed by atoms with Gasteiger partial charge in [-0.15, -0.1) is 0 Å². The monoisotopic (exact) mass is 279 g/mol. The highest BCUT2D eigenvalue weighted by atomic mass is 35.5. The van der Waals surface area contributed by atoms with Crippen LogP contribution < -0.4 is 0 Å². The summed E-state index contributed by atoms with van der Waals surface area (Å²) >= 11 is 6.21. The van der Waals surface area contributed by atoms with Gasteiger partial charge in [0.15, 0.2) is 0 Å². The third kappa shape index (κ3) is 2.63. The van der Waals surface area contributed by atoms with Crippen LogP contribution in [0.4, 0.5) is 0 Å². The molecular formula is C14H14ClNO3. The summed E-state index contributed by atoms with van der Waals surface area (Å²) in [4.78, 5) is 15.9. The third-order valence-electron chi connectivity index (χ3n) is 2.68. The highest BCUT2D eigenvalue weighted by Crippen LogP contribution is 2.31. The SMILES string of the molecule is CCOC(=O)c1oc(-c2cccc(C)c2Cl)nc1C. The molecule has 100 valence electrons. The van der Waals surface area contributed by atoms with Crippen molar-refractivity contribution in [3.63, 3.8) is 0 Å². The first-order chi connectivity index (χ1) is 9.04. The number of oxazole rings is 1. The number of halogens is 1. The lowest BCUT2D eigenvalue weighted by molar-refractivity contribution is 0.0490. The maximum Gasteiger partial charge on any atom is 0.376 e. The van der Waals surface area contributed by atoms with Crippen LogP contribution >= 0.6 is 11.6 Å². The van der Waals surface area contributed by atoms with Gasteiger partial charge in [-0.1, -0.05) is 23.7 Å². The van der Waals surface area contributed by atoms with Crippen molar-refractivity contribution < 1.29 is 13.9 Å². The van der Waals surface area contributed by atoms with Crippen LogP contribution in [-0.2, 0) is 4.74 Å². The van der Waals surface area contributed by atoms with Crippen molar-refractivity contribution in [3.05, 3.63) is 40.2 Å². The molecule has 0 saturated carbocycles. The number of nitrogens with zero attached hydrogens (tertiary/aromatic N) is 1. The van der Waals surface area contributed by atoms with Gasteiger partial charge in [0.05, 0.1) is 22.9 Å². The molecule has 4 nitrogen and oxygen atoms in total. The molecule has 0 aliphatic heterocycles. The molecule has 0 aliphatic rings. The van der Waals surface area contributed by atoms with Crippen molar-refractivity contribution in [2.24, 2.45) is 0 Å². The summed E-state index contributed by atoms with van der Waals surface area (Å²) in [6.45, 7) is 5.62. The van der Waals surface area contributed by atoms with Crippen molar-refractivity contribution in [1.29, 1.82) is 0 Å². The fourth-order valence-electron chi connectivity index (χ4n) is 1.71. The fraction of sp³-hybridized carbons (Fsp3) is 0.286. The van der Waals surface area contributed by atoms with Crippen LogP contribution in [0.3, 0.4) is 0 Å². The Balaban J connectivity index is 2.45. The molecule has 0 unspecified atom stereocenters. The predicted octanol–water partition coefficient (Wildman–Crippen LogP) is 3.79. The van der Waals surface area contributed by atoms with Crippen LogP contribution in [0, 0.1) is 13.8 Å². The molecule has 0 atom stereocenters. The minimum Gasteiger partial charge on any atom is -0.460 e. The molecular weight excluding hydrogens is 266 g/mol. The minimum atomic E-state index is -0.512. The fourth-order valence-corrected chi connectivity index (χ4v) is 1.92. The second kappa shape index (κ2) is 5.45. The van der Waals surface area contributed by atoms with Gasteiger partial charge in [-0.05, 0) is 32.4 Å². The maximum atomic E-state index is 11.7. The summed E-state index contributed by atoms with van der Waals surface area (Å²) in [5, 5.41) is 0.569. The minimum absolute atomic E-state index is 0.120. The zero-order valence-corrected chi connectivity index (χ0v) is 11.7. The van der Waals surface area contributed by atoms with E-state index in [0.717, 1.165) is 5.56 Å². The summed E-state index contributed by atoms with van der Waals surface area (Å²) in [7, 11) is 0. The first-order valence-electron chi connectivity index (χ1n) is 5.94. The number of carbonyl (C=O) groups is 1. The van der Waals surface area contributed by atoms with Gasteiger partial charge in [0.25, 0.3) is 0 Å². The van der Waals surface area contributed by atoms with Crippen LogP contribution in [0.1, 0.15) is 28.7 Å². The lowest BCUT2D eigenvalue weighted by Crippen LogP contribution is -2.04. The number of rotatable bonds is 3. The summed E-state index contributed by atoms with van der Waals surface area (Å²) < 4.78 is 10.4. The molecule has 0 aliphatic carbocycles. The van der Waals surface area contributed by atoms with Gasteiger partial charge in [-0.2, -0.15) is 0 Å². The smallest absolute Gasteiger partial charge is 0.376 e. The molecule has 0 spiro atoms. The van der Waals surface area contributed by atoms with Gasteiger partial charge in [0, 0.05) is 0 Å². The standard InChI is InChI=1S/C14H14ClNO3/c1-4-18-14(17)12-9(3)16-13(19-12)10-7-5-6-8(2)11(10)15/h5-7H,4H2,1-3H3. The summed E-state index contributed by atoms with van der Waals surface area (Å²) in [5.41, 5.74) is 2.08. The van der Waals surface area contributed by atoms with E-state index in [2.05, 4.69) is 4.98 Å². The number of benzene rings is 1. The van der Waals surface area contributed by atoms with Crippen molar-refractivity contribution in [3.8, 4) is 11.5 Å². The maximum absolute atomic E-state index is 11.7. The van der Waals surface area contributed by atoms with E-state index in [1.165, 1.54) is 0 Å². The number of hydrogen-bond donors (Lipinski definition) is 0. The zero-order valence-electron chi connectivity index (χ0n) is 11.0. The Morgan fingerprint density at radius 2 is 2.16 bits per heavy atom. The molecule has 19 heavy (non-hydrogen) atoms. The molecule has 2 aromatic rings. The summed E-state index contributed by atoms with van der Waals surface area (Å²) in [5.74, 6) is -0.0637. The Morgan fingerprint density at radius 1 is 1.42 bits per heavy atom. The summed E-state index contributed by atoms with van der Waals surface area (Å²) in [6.07, 6.45) is 0. The molecule has 0 saturated heterocycles.